The van der Waals surface area contributed by atoms with E-state index in [9.17, 15) is 10.1 Å². The lowest BCUT2D eigenvalue weighted by Gasteiger charge is -2.35. The minimum Gasteiger partial charge on any atom is -0.467 e. The number of amides is 1. The molecule has 0 atom stereocenters. The van der Waals surface area contributed by atoms with Gasteiger partial charge in [0, 0.05) is 39.4 Å². The van der Waals surface area contributed by atoms with Crippen molar-refractivity contribution in [1.29, 1.82) is 5.26 Å². The van der Waals surface area contributed by atoms with Crippen LogP contribution < -0.4 is 4.90 Å². The third-order valence-electron chi connectivity index (χ3n) is 4.34. The Bertz CT molecular complexity index is 745. The van der Waals surface area contributed by atoms with Crippen LogP contribution in [0.1, 0.15) is 11.3 Å². The number of rotatable bonds is 5. The van der Waals surface area contributed by atoms with Gasteiger partial charge in [-0.05, 0) is 24.3 Å². The van der Waals surface area contributed by atoms with E-state index >= 15 is 0 Å². The van der Waals surface area contributed by atoms with Crippen LogP contribution in [-0.2, 0) is 11.3 Å². The van der Waals surface area contributed by atoms with Crippen molar-refractivity contribution in [1.82, 2.24) is 14.8 Å². The quantitative estimate of drug-likeness (QED) is 0.818. The molecule has 0 spiro atoms. The van der Waals surface area contributed by atoms with E-state index in [4.69, 9.17) is 4.42 Å². The number of pyridine rings is 1. The monoisotopic (exact) mass is 339 g/mol. The van der Waals surface area contributed by atoms with E-state index in [2.05, 4.69) is 20.9 Å². The zero-order valence-electron chi connectivity index (χ0n) is 14.3. The van der Waals surface area contributed by atoms with Crippen LogP contribution in [0.4, 0.5) is 5.82 Å². The van der Waals surface area contributed by atoms with Crippen molar-refractivity contribution < 1.29 is 9.21 Å². The second kappa shape index (κ2) is 7.81. The Morgan fingerprint density at radius 2 is 2.12 bits per heavy atom. The van der Waals surface area contributed by atoms with Crippen molar-refractivity contribution in [2.45, 2.75) is 6.54 Å². The molecule has 130 valence electrons. The summed E-state index contributed by atoms with van der Waals surface area (Å²) in [5.74, 6) is 1.58. The summed E-state index contributed by atoms with van der Waals surface area (Å²) in [5.41, 5.74) is 0.588. The molecule has 0 bridgehead atoms. The molecule has 2 aromatic heterocycles. The topological polar surface area (TPSA) is 76.6 Å². The maximum absolute atomic E-state index is 12.4. The molecule has 3 rings (SSSR count). The summed E-state index contributed by atoms with van der Waals surface area (Å²) in [6, 6.07) is 9.42. The van der Waals surface area contributed by atoms with Gasteiger partial charge in [0.25, 0.3) is 0 Å². The number of carbonyl (C=O) groups excluding carboxylic acids is 1. The van der Waals surface area contributed by atoms with Crippen LogP contribution in [0.15, 0.2) is 41.1 Å². The molecule has 0 aliphatic carbocycles. The van der Waals surface area contributed by atoms with E-state index in [1.54, 1.807) is 36.5 Å². The molecule has 25 heavy (non-hydrogen) atoms. The first-order chi connectivity index (χ1) is 12.2. The zero-order chi connectivity index (χ0) is 17.6. The van der Waals surface area contributed by atoms with E-state index in [1.165, 1.54) is 0 Å². The summed E-state index contributed by atoms with van der Waals surface area (Å²) >= 11 is 0. The maximum atomic E-state index is 12.4. The average molecular weight is 339 g/mol. The largest absolute Gasteiger partial charge is 0.467 e. The van der Waals surface area contributed by atoms with E-state index in [-0.39, 0.29) is 5.91 Å². The van der Waals surface area contributed by atoms with Crippen LogP contribution in [-0.4, -0.2) is 60.5 Å². The molecular formula is C18H21N5O2. The Hall–Kier alpha value is -2.85. The lowest BCUT2D eigenvalue weighted by Crippen LogP contribution is -2.50. The number of likely N-dealkylation sites (N-methyl/N-ethyl adjacent to an activating group) is 1. The predicted molar refractivity (Wildman–Crippen MR) is 92.8 cm³/mol. The molecule has 1 aliphatic rings. The Morgan fingerprint density at radius 1 is 1.32 bits per heavy atom. The fourth-order valence-electron chi connectivity index (χ4n) is 2.89. The number of piperazine rings is 1. The van der Waals surface area contributed by atoms with Crippen LogP contribution >= 0.6 is 0 Å². The molecule has 0 aromatic carbocycles. The summed E-state index contributed by atoms with van der Waals surface area (Å²) in [6.45, 7) is 3.90. The van der Waals surface area contributed by atoms with E-state index in [0.717, 1.165) is 37.8 Å². The van der Waals surface area contributed by atoms with Crippen molar-refractivity contribution in [3.63, 3.8) is 0 Å². The number of hydrogen-bond donors (Lipinski definition) is 0. The minimum absolute atomic E-state index is 0.0698. The summed E-state index contributed by atoms with van der Waals surface area (Å²) in [4.78, 5) is 22.6. The van der Waals surface area contributed by atoms with Crippen LogP contribution in [0.2, 0.25) is 0 Å². The van der Waals surface area contributed by atoms with Gasteiger partial charge < -0.3 is 14.2 Å². The highest BCUT2D eigenvalue weighted by atomic mass is 16.3. The van der Waals surface area contributed by atoms with Gasteiger partial charge in [-0.2, -0.15) is 5.26 Å². The number of hydrogen-bond acceptors (Lipinski definition) is 6. The van der Waals surface area contributed by atoms with E-state index < -0.39 is 0 Å². The fourth-order valence-corrected chi connectivity index (χ4v) is 2.89. The molecule has 7 nitrogen and oxygen atoms in total. The summed E-state index contributed by atoms with van der Waals surface area (Å²) in [6.07, 6.45) is 3.32. The van der Waals surface area contributed by atoms with Gasteiger partial charge in [0.1, 0.15) is 17.6 Å². The SMILES string of the molecule is CN(Cc1ccco1)C(=O)CN1CCN(c2ncccc2C#N)CC1. The Labute approximate surface area is 147 Å². The van der Waals surface area contributed by atoms with Gasteiger partial charge in [0.2, 0.25) is 5.91 Å². The van der Waals surface area contributed by atoms with Crippen LogP contribution in [0.3, 0.4) is 0 Å². The predicted octanol–water partition coefficient (Wildman–Crippen LogP) is 1.33. The number of carbonyl (C=O) groups is 1. The summed E-state index contributed by atoms with van der Waals surface area (Å²) < 4.78 is 5.28. The molecule has 1 amide bonds. The smallest absolute Gasteiger partial charge is 0.236 e. The first kappa shape index (κ1) is 17.0. The van der Waals surface area contributed by atoms with Crippen molar-refractivity contribution in [3.8, 4) is 6.07 Å². The highest BCUT2D eigenvalue weighted by Gasteiger charge is 2.22. The van der Waals surface area contributed by atoms with Crippen LogP contribution in [0, 0.1) is 11.3 Å². The van der Waals surface area contributed by atoms with Crippen molar-refractivity contribution in [2.24, 2.45) is 0 Å². The Balaban J connectivity index is 1.51. The fraction of sp³-hybridized carbons (Fsp3) is 0.389. The molecule has 1 aliphatic heterocycles. The third-order valence-corrected chi connectivity index (χ3v) is 4.34. The average Bonchev–Trinajstić information content (AvgIpc) is 3.15. The summed E-state index contributed by atoms with van der Waals surface area (Å²) in [5, 5.41) is 9.20. The van der Waals surface area contributed by atoms with Gasteiger partial charge in [0.05, 0.1) is 24.9 Å². The standard InChI is InChI=1S/C18H21N5O2/c1-21(13-16-5-3-11-25-16)17(24)14-22-7-9-23(10-8-22)18-15(12-19)4-2-6-20-18/h2-6,11H,7-10,13-14H2,1H3. The number of aromatic nitrogens is 1. The Kier molecular flexibility index (Phi) is 5.31. The molecule has 0 unspecified atom stereocenters. The summed E-state index contributed by atoms with van der Waals surface area (Å²) in [7, 11) is 1.79. The second-order valence-corrected chi connectivity index (χ2v) is 6.08. The van der Waals surface area contributed by atoms with Gasteiger partial charge in [-0.3, -0.25) is 9.69 Å². The molecule has 3 heterocycles. The second-order valence-electron chi connectivity index (χ2n) is 6.08. The number of anilines is 1. The van der Waals surface area contributed by atoms with Gasteiger partial charge in [-0.15, -0.1) is 0 Å². The first-order valence-corrected chi connectivity index (χ1v) is 8.26. The highest BCUT2D eigenvalue weighted by Crippen LogP contribution is 2.18. The number of nitriles is 1. The van der Waals surface area contributed by atoms with Crippen LogP contribution in [0.25, 0.3) is 0 Å². The van der Waals surface area contributed by atoms with Gasteiger partial charge in [-0.1, -0.05) is 0 Å². The maximum Gasteiger partial charge on any atom is 0.236 e. The molecule has 0 saturated carbocycles. The zero-order valence-corrected chi connectivity index (χ0v) is 14.3. The molecule has 0 N–H and O–H groups in total. The lowest BCUT2D eigenvalue weighted by atomic mass is 10.2. The third kappa shape index (κ3) is 4.17. The first-order valence-electron chi connectivity index (χ1n) is 8.26. The van der Waals surface area contributed by atoms with Crippen molar-refractivity contribution in [2.75, 3.05) is 44.7 Å². The minimum atomic E-state index is 0.0698. The molecule has 0 radical (unpaired) electrons. The van der Waals surface area contributed by atoms with Gasteiger partial charge in [-0.25, -0.2) is 4.98 Å². The number of nitrogens with zero attached hydrogens (tertiary/aromatic N) is 5. The Morgan fingerprint density at radius 3 is 2.80 bits per heavy atom. The van der Waals surface area contributed by atoms with E-state index in [0.29, 0.717) is 18.7 Å². The lowest BCUT2D eigenvalue weighted by molar-refractivity contribution is -0.131. The molecule has 7 heteroatoms. The molecule has 1 fully saturated rings. The number of furan rings is 1. The van der Waals surface area contributed by atoms with E-state index in [1.807, 2.05) is 12.1 Å². The van der Waals surface area contributed by atoms with Gasteiger partial charge in [0.15, 0.2) is 0 Å². The molecule has 2 aromatic rings. The molecule has 1 saturated heterocycles. The van der Waals surface area contributed by atoms with Crippen molar-refractivity contribution >= 4 is 11.7 Å². The van der Waals surface area contributed by atoms with Crippen LogP contribution in [0.5, 0.6) is 0 Å². The normalized spacial score (nSPS) is 15.0. The van der Waals surface area contributed by atoms with Gasteiger partial charge >= 0.3 is 0 Å². The van der Waals surface area contributed by atoms with Crippen molar-refractivity contribution in [3.05, 3.63) is 48.0 Å². The molecular weight excluding hydrogens is 318 g/mol. The highest BCUT2D eigenvalue weighted by molar-refractivity contribution is 5.78.